The van der Waals surface area contributed by atoms with Crippen molar-refractivity contribution in [2.75, 3.05) is 31.1 Å². The third-order valence-electron chi connectivity index (χ3n) is 4.99. The number of amides is 1. The second-order valence-corrected chi connectivity index (χ2v) is 6.65. The number of nitrogens with zero attached hydrogens (tertiary/aromatic N) is 3. The number of likely N-dealkylation sites (tertiary alicyclic amines) is 1. The third kappa shape index (κ3) is 4.02. The van der Waals surface area contributed by atoms with E-state index in [4.69, 9.17) is 0 Å². The minimum Gasteiger partial charge on any atom is -0.356 e. The van der Waals surface area contributed by atoms with Crippen LogP contribution in [0.3, 0.4) is 0 Å². The lowest BCUT2D eigenvalue weighted by molar-refractivity contribution is -0.126. The molecular formula is C18H28N4O. The minimum absolute atomic E-state index is 0.101. The molecule has 2 fully saturated rings. The Labute approximate surface area is 139 Å². The summed E-state index contributed by atoms with van der Waals surface area (Å²) in [5.74, 6) is 1.29. The van der Waals surface area contributed by atoms with Crippen LogP contribution >= 0.6 is 0 Å². The maximum absolute atomic E-state index is 12.6. The zero-order chi connectivity index (χ0) is 16.1. The Balaban J connectivity index is 1.48. The van der Waals surface area contributed by atoms with Gasteiger partial charge in [-0.25, -0.2) is 4.98 Å². The number of rotatable bonds is 5. The van der Waals surface area contributed by atoms with Crippen molar-refractivity contribution in [3.05, 3.63) is 24.4 Å². The summed E-state index contributed by atoms with van der Waals surface area (Å²) >= 11 is 0. The highest BCUT2D eigenvalue weighted by Gasteiger charge is 2.31. The van der Waals surface area contributed by atoms with Crippen LogP contribution in [0.4, 0.5) is 5.82 Å². The number of carbonyl (C=O) groups is 1. The number of hydrogen-bond acceptors (Lipinski definition) is 4. The molecule has 0 saturated carbocycles. The fourth-order valence-electron chi connectivity index (χ4n) is 3.77. The number of pyridine rings is 1. The lowest BCUT2D eigenvalue weighted by Gasteiger charge is -2.34. The molecule has 23 heavy (non-hydrogen) atoms. The monoisotopic (exact) mass is 316 g/mol. The first-order chi connectivity index (χ1) is 11.3. The highest BCUT2D eigenvalue weighted by Crippen LogP contribution is 2.20. The maximum atomic E-state index is 12.6. The fourth-order valence-corrected chi connectivity index (χ4v) is 3.77. The van der Waals surface area contributed by atoms with Crippen LogP contribution in [0.25, 0.3) is 0 Å². The number of aromatic nitrogens is 1. The highest BCUT2D eigenvalue weighted by molar-refractivity contribution is 5.82. The van der Waals surface area contributed by atoms with Crippen molar-refractivity contribution >= 4 is 11.7 Å². The third-order valence-corrected chi connectivity index (χ3v) is 4.99. The summed E-state index contributed by atoms with van der Waals surface area (Å²) in [6.45, 7) is 6.22. The van der Waals surface area contributed by atoms with E-state index >= 15 is 0 Å². The van der Waals surface area contributed by atoms with Gasteiger partial charge in [-0.15, -0.1) is 0 Å². The number of piperidine rings is 1. The van der Waals surface area contributed by atoms with Crippen LogP contribution in [0.15, 0.2) is 24.4 Å². The lowest BCUT2D eigenvalue weighted by Crippen LogP contribution is -2.50. The van der Waals surface area contributed by atoms with Gasteiger partial charge < -0.3 is 10.2 Å². The molecule has 3 rings (SSSR count). The normalized spacial score (nSPS) is 23.2. The van der Waals surface area contributed by atoms with Gasteiger partial charge in [-0.1, -0.05) is 13.0 Å². The van der Waals surface area contributed by atoms with Crippen LogP contribution in [0.5, 0.6) is 0 Å². The quantitative estimate of drug-likeness (QED) is 0.903. The molecule has 2 aliphatic rings. The Hall–Kier alpha value is -1.62. The molecule has 1 atom stereocenters. The van der Waals surface area contributed by atoms with E-state index in [1.54, 1.807) is 0 Å². The first-order valence-electron chi connectivity index (χ1n) is 8.98. The van der Waals surface area contributed by atoms with E-state index in [-0.39, 0.29) is 11.9 Å². The van der Waals surface area contributed by atoms with Gasteiger partial charge in [0, 0.05) is 25.3 Å². The number of carbonyl (C=O) groups excluding carboxylic acids is 1. The molecule has 0 spiro atoms. The van der Waals surface area contributed by atoms with Crippen LogP contribution in [0.1, 0.15) is 39.0 Å². The van der Waals surface area contributed by atoms with Gasteiger partial charge in [0.15, 0.2) is 0 Å². The Morgan fingerprint density at radius 3 is 2.78 bits per heavy atom. The Morgan fingerprint density at radius 2 is 2.09 bits per heavy atom. The van der Waals surface area contributed by atoms with Gasteiger partial charge in [0.05, 0.1) is 6.04 Å². The van der Waals surface area contributed by atoms with Crippen molar-refractivity contribution in [1.29, 1.82) is 0 Å². The Morgan fingerprint density at radius 1 is 1.26 bits per heavy atom. The summed E-state index contributed by atoms with van der Waals surface area (Å²) in [6, 6.07) is 6.44. The first kappa shape index (κ1) is 16.2. The second kappa shape index (κ2) is 7.77. The summed E-state index contributed by atoms with van der Waals surface area (Å²) in [6.07, 6.45) is 7.12. The van der Waals surface area contributed by atoms with E-state index < -0.39 is 0 Å². The molecule has 0 aromatic carbocycles. The molecule has 126 valence electrons. The van der Waals surface area contributed by atoms with Crippen molar-refractivity contribution in [2.45, 2.75) is 51.1 Å². The Bertz CT molecular complexity index is 499. The smallest absolute Gasteiger partial charge is 0.237 e. The molecule has 5 heteroatoms. The van der Waals surface area contributed by atoms with Crippen LogP contribution in [0, 0.1) is 0 Å². The van der Waals surface area contributed by atoms with Crippen molar-refractivity contribution in [1.82, 2.24) is 15.2 Å². The fraction of sp³-hybridized carbons (Fsp3) is 0.667. The highest BCUT2D eigenvalue weighted by atomic mass is 16.2. The van der Waals surface area contributed by atoms with Gasteiger partial charge in [0.2, 0.25) is 5.91 Å². The summed E-state index contributed by atoms with van der Waals surface area (Å²) in [5.41, 5.74) is 0. The van der Waals surface area contributed by atoms with Gasteiger partial charge in [0.1, 0.15) is 5.82 Å². The van der Waals surface area contributed by atoms with Gasteiger partial charge in [-0.3, -0.25) is 9.69 Å². The molecule has 5 nitrogen and oxygen atoms in total. The predicted octanol–water partition coefficient (Wildman–Crippen LogP) is 2.04. The topological polar surface area (TPSA) is 48.5 Å². The molecule has 1 amide bonds. The van der Waals surface area contributed by atoms with Crippen LogP contribution in [-0.4, -0.2) is 54.1 Å². The van der Waals surface area contributed by atoms with E-state index in [9.17, 15) is 4.79 Å². The lowest BCUT2D eigenvalue weighted by atomic mass is 10.0. The first-order valence-corrected chi connectivity index (χ1v) is 8.98. The van der Waals surface area contributed by atoms with Crippen molar-refractivity contribution in [2.24, 2.45) is 0 Å². The van der Waals surface area contributed by atoms with Crippen molar-refractivity contribution in [3.8, 4) is 0 Å². The van der Waals surface area contributed by atoms with E-state index in [2.05, 4.69) is 33.1 Å². The SMILES string of the molecule is CCCN1CCCC1C(=O)NC1CCN(c2ccccn2)CC1. The molecule has 0 bridgehead atoms. The summed E-state index contributed by atoms with van der Waals surface area (Å²) in [7, 11) is 0. The zero-order valence-electron chi connectivity index (χ0n) is 14.1. The molecule has 1 aromatic rings. The average Bonchev–Trinajstić information content (AvgIpc) is 3.05. The summed E-state index contributed by atoms with van der Waals surface area (Å²) < 4.78 is 0. The Kier molecular flexibility index (Phi) is 5.49. The molecule has 3 heterocycles. The minimum atomic E-state index is 0.101. The standard InChI is InChI=1S/C18H28N4O/c1-2-11-21-12-5-6-16(21)18(23)20-15-8-13-22(14-9-15)17-7-3-4-10-19-17/h3-4,7,10,15-16H,2,5-6,8-9,11-14H2,1H3,(H,20,23). The summed E-state index contributed by atoms with van der Waals surface area (Å²) in [4.78, 5) is 21.6. The molecule has 0 aliphatic carbocycles. The predicted molar refractivity (Wildman–Crippen MR) is 92.5 cm³/mol. The molecule has 2 saturated heterocycles. The van der Waals surface area contributed by atoms with Gasteiger partial charge in [0.25, 0.3) is 0 Å². The summed E-state index contributed by atoms with van der Waals surface area (Å²) in [5, 5.41) is 3.29. The second-order valence-electron chi connectivity index (χ2n) is 6.65. The molecule has 1 aromatic heterocycles. The van der Waals surface area contributed by atoms with Gasteiger partial charge in [-0.2, -0.15) is 0 Å². The molecule has 1 unspecified atom stereocenters. The van der Waals surface area contributed by atoms with E-state index in [1.807, 2.05) is 18.3 Å². The van der Waals surface area contributed by atoms with E-state index in [1.165, 1.54) is 0 Å². The van der Waals surface area contributed by atoms with Crippen molar-refractivity contribution in [3.63, 3.8) is 0 Å². The molecule has 1 N–H and O–H groups in total. The number of anilines is 1. The van der Waals surface area contributed by atoms with E-state index in [0.717, 1.165) is 64.1 Å². The van der Waals surface area contributed by atoms with Crippen LogP contribution in [-0.2, 0) is 4.79 Å². The van der Waals surface area contributed by atoms with E-state index in [0.29, 0.717) is 6.04 Å². The molecular weight excluding hydrogens is 288 g/mol. The maximum Gasteiger partial charge on any atom is 0.237 e. The van der Waals surface area contributed by atoms with Crippen molar-refractivity contribution < 1.29 is 4.79 Å². The van der Waals surface area contributed by atoms with Gasteiger partial charge in [-0.05, 0) is 57.3 Å². The molecule has 2 aliphatic heterocycles. The average molecular weight is 316 g/mol. The largest absolute Gasteiger partial charge is 0.356 e. The molecule has 0 radical (unpaired) electrons. The van der Waals surface area contributed by atoms with Gasteiger partial charge >= 0.3 is 0 Å². The zero-order valence-corrected chi connectivity index (χ0v) is 14.1. The number of hydrogen-bond donors (Lipinski definition) is 1. The number of nitrogens with one attached hydrogen (secondary N) is 1. The van der Waals surface area contributed by atoms with Crippen LogP contribution in [0.2, 0.25) is 0 Å². The van der Waals surface area contributed by atoms with Crippen LogP contribution < -0.4 is 10.2 Å².